The van der Waals surface area contributed by atoms with Gasteiger partial charge in [0.2, 0.25) is 5.95 Å². The van der Waals surface area contributed by atoms with Crippen molar-refractivity contribution in [3.05, 3.63) is 139 Å². The fourth-order valence-corrected chi connectivity index (χ4v) is 6.86. The van der Waals surface area contributed by atoms with Crippen LogP contribution in [0.1, 0.15) is 11.3 Å². The average molecular weight is 567 g/mol. The Morgan fingerprint density at radius 3 is 2.27 bits per heavy atom. The van der Waals surface area contributed by atoms with Crippen molar-refractivity contribution in [2.75, 3.05) is 0 Å². The van der Waals surface area contributed by atoms with Crippen LogP contribution in [0.15, 0.2) is 128 Å². The number of aromatic nitrogens is 4. The Bertz CT molecular complexity index is 2500. The summed E-state index contributed by atoms with van der Waals surface area (Å²) in [5.41, 5.74) is 9.44. The third kappa shape index (κ3) is 3.35. The number of allylic oxidation sites excluding steroid dienone is 2. The summed E-state index contributed by atoms with van der Waals surface area (Å²) in [5.74, 6) is 2.22. The predicted octanol–water partition coefficient (Wildman–Crippen LogP) is 9.95. The van der Waals surface area contributed by atoms with E-state index in [0.717, 1.165) is 67.0 Å². The highest BCUT2D eigenvalue weighted by Crippen LogP contribution is 2.46. The van der Waals surface area contributed by atoms with Gasteiger partial charge in [-0.1, -0.05) is 73.3 Å². The van der Waals surface area contributed by atoms with Crippen LogP contribution in [0, 0.1) is 6.92 Å². The van der Waals surface area contributed by atoms with Gasteiger partial charge in [-0.3, -0.25) is 4.57 Å². The maximum atomic E-state index is 6.26. The lowest BCUT2D eigenvalue weighted by molar-refractivity contribution is 0.486. The van der Waals surface area contributed by atoms with Crippen molar-refractivity contribution in [2.45, 2.75) is 6.92 Å². The van der Waals surface area contributed by atoms with E-state index in [1.165, 1.54) is 16.3 Å². The van der Waals surface area contributed by atoms with Crippen molar-refractivity contribution >= 4 is 49.7 Å². The van der Waals surface area contributed by atoms with Crippen LogP contribution in [-0.2, 0) is 0 Å². The molecule has 0 atom stereocenters. The van der Waals surface area contributed by atoms with Gasteiger partial charge in [-0.15, -0.1) is 0 Å². The second kappa shape index (κ2) is 9.28. The Hall–Kier alpha value is -5.94. The van der Waals surface area contributed by atoms with Gasteiger partial charge in [0.15, 0.2) is 0 Å². The zero-order valence-electron chi connectivity index (χ0n) is 24.0. The van der Waals surface area contributed by atoms with Crippen LogP contribution in [0.4, 0.5) is 0 Å². The molecule has 0 aliphatic carbocycles. The number of aryl methyl sites for hydroxylation is 1. The number of para-hydroxylation sites is 3. The summed E-state index contributed by atoms with van der Waals surface area (Å²) >= 11 is 0. The van der Waals surface area contributed by atoms with E-state index < -0.39 is 0 Å². The standard InChI is InChI=1S/C39H26N4O/c1-3-4-18-29-24(2)35-31(42(29)25-13-6-5-7-14-25)22-23-32-36(35)26-15-8-10-19-30(26)43(32)39-40-28-17-12-21-34-37(28)38(41-39)27-16-9-11-20-33(27)44-34/h3-23H,1H2,2H3/b18-4-. The molecule has 1 aliphatic rings. The summed E-state index contributed by atoms with van der Waals surface area (Å²) in [6, 6.07) is 37.6. The maximum absolute atomic E-state index is 6.26. The molecule has 3 aromatic heterocycles. The van der Waals surface area contributed by atoms with Crippen molar-refractivity contribution in [1.82, 2.24) is 19.1 Å². The molecule has 0 spiro atoms. The molecule has 0 amide bonds. The first-order chi connectivity index (χ1) is 21.7. The Morgan fingerprint density at radius 1 is 0.659 bits per heavy atom. The molecule has 5 heteroatoms. The number of fused-ring (bicyclic) bond motifs is 7. The van der Waals surface area contributed by atoms with Crippen LogP contribution in [0.5, 0.6) is 11.5 Å². The fraction of sp³-hybridized carbons (Fsp3) is 0.0256. The molecule has 9 rings (SSSR count). The lowest BCUT2D eigenvalue weighted by atomic mass is 10.0. The normalized spacial score (nSPS) is 12.4. The molecular formula is C39H26N4O. The van der Waals surface area contributed by atoms with Crippen LogP contribution >= 0.6 is 0 Å². The number of rotatable bonds is 4. The highest BCUT2D eigenvalue weighted by Gasteiger charge is 2.26. The van der Waals surface area contributed by atoms with Crippen molar-refractivity contribution in [3.8, 4) is 34.4 Å². The van der Waals surface area contributed by atoms with E-state index in [9.17, 15) is 0 Å². The summed E-state index contributed by atoms with van der Waals surface area (Å²) in [6.07, 6.45) is 5.98. The van der Waals surface area contributed by atoms with Crippen molar-refractivity contribution in [2.24, 2.45) is 0 Å². The first-order valence-corrected chi connectivity index (χ1v) is 14.7. The second-order valence-electron chi connectivity index (χ2n) is 11.1. The largest absolute Gasteiger partial charge is 0.456 e. The minimum Gasteiger partial charge on any atom is -0.456 e. The molecule has 8 aromatic rings. The van der Waals surface area contributed by atoms with E-state index in [4.69, 9.17) is 14.7 Å². The first-order valence-electron chi connectivity index (χ1n) is 14.7. The van der Waals surface area contributed by atoms with Crippen molar-refractivity contribution in [3.63, 3.8) is 0 Å². The first kappa shape index (κ1) is 24.6. The van der Waals surface area contributed by atoms with Crippen molar-refractivity contribution in [1.29, 1.82) is 0 Å². The molecule has 0 radical (unpaired) electrons. The number of hydrogen-bond donors (Lipinski definition) is 0. The van der Waals surface area contributed by atoms with Gasteiger partial charge in [-0.2, -0.15) is 0 Å². The quantitative estimate of drug-likeness (QED) is 0.199. The zero-order valence-corrected chi connectivity index (χ0v) is 24.0. The molecule has 1 aliphatic heterocycles. The molecular weight excluding hydrogens is 540 g/mol. The van der Waals surface area contributed by atoms with Gasteiger partial charge in [-0.25, -0.2) is 9.97 Å². The van der Waals surface area contributed by atoms with Gasteiger partial charge >= 0.3 is 0 Å². The lowest BCUT2D eigenvalue weighted by Crippen LogP contribution is -2.06. The minimum absolute atomic E-state index is 0.638. The van der Waals surface area contributed by atoms with E-state index in [0.29, 0.717) is 5.95 Å². The molecule has 0 unspecified atom stereocenters. The van der Waals surface area contributed by atoms with E-state index >= 15 is 0 Å². The van der Waals surface area contributed by atoms with Crippen molar-refractivity contribution < 1.29 is 4.74 Å². The van der Waals surface area contributed by atoms with E-state index in [2.05, 4.69) is 102 Å². The Morgan fingerprint density at radius 2 is 1.41 bits per heavy atom. The summed E-state index contributed by atoms with van der Waals surface area (Å²) in [4.78, 5) is 10.4. The van der Waals surface area contributed by atoms with E-state index in [1.54, 1.807) is 0 Å². The molecule has 0 bridgehead atoms. The van der Waals surface area contributed by atoms with Gasteiger partial charge in [-0.05, 0) is 73.2 Å². The third-order valence-corrected chi connectivity index (χ3v) is 8.70. The van der Waals surface area contributed by atoms with Gasteiger partial charge < -0.3 is 9.30 Å². The number of nitrogens with zero attached hydrogens (tertiary/aromatic N) is 4. The topological polar surface area (TPSA) is 44.9 Å². The third-order valence-electron chi connectivity index (χ3n) is 8.70. The van der Waals surface area contributed by atoms with Crippen LogP contribution in [0.2, 0.25) is 0 Å². The molecule has 0 saturated heterocycles. The van der Waals surface area contributed by atoms with E-state index in [1.807, 2.05) is 48.6 Å². The molecule has 5 nitrogen and oxygen atoms in total. The summed E-state index contributed by atoms with van der Waals surface area (Å²) in [7, 11) is 0. The number of hydrogen-bond acceptors (Lipinski definition) is 3. The van der Waals surface area contributed by atoms with Gasteiger partial charge in [0, 0.05) is 33.1 Å². The zero-order chi connectivity index (χ0) is 29.4. The van der Waals surface area contributed by atoms with Crippen LogP contribution in [0.25, 0.3) is 72.6 Å². The maximum Gasteiger partial charge on any atom is 0.235 e. The minimum atomic E-state index is 0.638. The second-order valence-corrected chi connectivity index (χ2v) is 11.1. The Balaban J connectivity index is 1.41. The highest BCUT2D eigenvalue weighted by atomic mass is 16.5. The van der Waals surface area contributed by atoms with Crippen LogP contribution in [-0.4, -0.2) is 19.1 Å². The predicted molar refractivity (Wildman–Crippen MR) is 180 cm³/mol. The molecule has 0 fully saturated rings. The Kier molecular flexibility index (Phi) is 5.20. The van der Waals surface area contributed by atoms with Gasteiger partial charge in [0.05, 0.1) is 33.1 Å². The van der Waals surface area contributed by atoms with Gasteiger partial charge in [0.1, 0.15) is 11.5 Å². The molecule has 0 saturated carbocycles. The number of benzene rings is 5. The highest BCUT2D eigenvalue weighted by molar-refractivity contribution is 6.22. The molecule has 4 heterocycles. The molecule has 208 valence electrons. The number of ether oxygens (including phenoxy) is 1. The van der Waals surface area contributed by atoms with Gasteiger partial charge in [0.25, 0.3) is 0 Å². The fourth-order valence-electron chi connectivity index (χ4n) is 6.86. The SMILES string of the molecule is C=C/C=C\c1c(C)c2c3c4ccccc4n(-c4nc5c6c(cccc6n4)Oc4ccccc4-5)c3ccc2n1-c1ccccc1. The summed E-state index contributed by atoms with van der Waals surface area (Å²) < 4.78 is 10.8. The summed E-state index contributed by atoms with van der Waals surface area (Å²) in [6.45, 7) is 6.14. The molecule has 5 aromatic carbocycles. The Labute approximate surface area is 253 Å². The average Bonchev–Trinajstić information content (AvgIpc) is 3.55. The summed E-state index contributed by atoms with van der Waals surface area (Å²) in [5, 5.41) is 4.50. The van der Waals surface area contributed by atoms with Crippen LogP contribution < -0.4 is 4.74 Å². The molecule has 44 heavy (non-hydrogen) atoms. The smallest absolute Gasteiger partial charge is 0.235 e. The van der Waals surface area contributed by atoms with E-state index in [-0.39, 0.29) is 0 Å². The lowest BCUT2D eigenvalue weighted by Gasteiger charge is -2.20. The van der Waals surface area contributed by atoms with Crippen LogP contribution in [0.3, 0.4) is 0 Å². The monoisotopic (exact) mass is 566 g/mol. The molecule has 0 N–H and O–H groups in total.